The molecule has 44 heavy (non-hydrogen) atoms. The Hall–Kier alpha value is -4.84. The molecule has 0 bridgehead atoms. The Morgan fingerprint density at radius 3 is 2.43 bits per heavy atom. The van der Waals surface area contributed by atoms with Crippen molar-refractivity contribution in [1.29, 1.82) is 5.26 Å². The average molecular weight is 632 g/mol. The summed E-state index contributed by atoms with van der Waals surface area (Å²) in [7, 11) is 0. The Labute approximate surface area is 265 Å². The first-order valence-corrected chi connectivity index (χ1v) is 14.5. The van der Waals surface area contributed by atoms with E-state index in [1.807, 2.05) is 38.1 Å². The minimum Gasteiger partial charge on any atom is -0.490 e. The van der Waals surface area contributed by atoms with E-state index in [9.17, 15) is 10.1 Å². The summed E-state index contributed by atoms with van der Waals surface area (Å²) >= 11 is 12.0. The van der Waals surface area contributed by atoms with E-state index in [0.717, 1.165) is 16.7 Å². The summed E-state index contributed by atoms with van der Waals surface area (Å²) in [6.07, 6.45) is 0. The summed E-state index contributed by atoms with van der Waals surface area (Å²) in [6.45, 7) is 4.13. The Morgan fingerprint density at radius 1 is 0.932 bits per heavy atom. The van der Waals surface area contributed by atoms with E-state index in [-0.39, 0.29) is 23.8 Å². The molecule has 0 saturated carbocycles. The van der Waals surface area contributed by atoms with E-state index in [0.29, 0.717) is 51.8 Å². The second-order valence-electron chi connectivity index (χ2n) is 9.85. The number of nitrogens with zero attached hydrogens (tertiary/aromatic N) is 1. The van der Waals surface area contributed by atoms with Gasteiger partial charge in [-0.1, -0.05) is 47.5 Å². The van der Waals surface area contributed by atoms with Crippen molar-refractivity contribution in [2.75, 3.05) is 13.2 Å². The van der Waals surface area contributed by atoms with Crippen LogP contribution in [0.5, 0.6) is 28.7 Å². The second-order valence-corrected chi connectivity index (χ2v) is 10.7. The SMILES string of the molecule is CCOc1cc(C2C(C#N)=C(N)Oc3cc(OC(=O)COc4ccc(Cl)c(C)c4)ccc32)ccc1OCc1ccc(Cl)cc1. The molecule has 8 nitrogen and oxygen atoms in total. The van der Waals surface area contributed by atoms with E-state index < -0.39 is 11.9 Å². The van der Waals surface area contributed by atoms with Gasteiger partial charge < -0.3 is 29.4 Å². The highest BCUT2D eigenvalue weighted by atomic mass is 35.5. The van der Waals surface area contributed by atoms with Crippen LogP contribution in [-0.4, -0.2) is 19.2 Å². The Kier molecular flexibility index (Phi) is 9.49. The van der Waals surface area contributed by atoms with E-state index >= 15 is 0 Å². The molecule has 0 saturated heterocycles. The van der Waals surface area contributed by atoms with Gasteiger partial charge in [-0.15, -0.1) is 0 Å². The molecule has 0 amide bonds. The quantitative estimate of drug-likeness (QED) is 0.142. The van der Waals surface area contributed by atoms with Crippen molar-refractivity contribution in [2.24, 2.45) is 5.73 Å². The first-order valence-electron chi connectivity index (χ1n) is 13.7. The van der Waals surface area contributed by atoms with Crippen LogP contribution in [0, 0.1) is 18.3 Å². The number of hydrogen-bond donors (Lipinski definition) is 1. The third kappa shape index (κ3) is 7.03. The molecule has 1 heterocycles. The zero-order valence-electron chi connectivity index (χ0n) is 23.9. The Bertz CT molecular complexity index is 1770. The first kappa shape index (κ1) is 30.6. The van der Waals surface area contributed by atoms with Crippen molar-refractivity contribution in [3.63, 3.8) is 0 Å². The third-order valence-electron chi connectivity index (χ3n) is 6.82. The Balaban J connectivity index is 1.36. The highest BCUT2D eigenvalue weighted by Crippen LogP contribution is 2.45. The van der Waals surface area contributed by atoms with Gasteiger partial charge in [-0.3, -0.25) is 0 Å². The molecule has 1 unspecified atom stereocenters. The lowest BCUT2D eigenvalue weighted by atomic mass is 9.83. The predicted octanol–water partition coefficient (Wildman–Crippen LogP) is 7.48. The number of nitriles is 1. The second kappa shape index (κ2) is 13.6. The number of ether oxygens (including phenoxy) is 5. The van der Waals surface area contributed by atoms with E-state index in [1.54, 1.807) is 54.6 Å². The lowest BCUT2D eigenvalue weighted by Gasteiger charge is -2.27. The molecule has 2 N–H and O–H groups in total. The molecule has 224 valence electrons. The van der Waals surface area contributed by atoms with Gasteiger partial charge in [0.15, 0.2) is 18.1 Å². The van der Waals surface area contributed by atoms with Crippen LogP contribution >= 0.6 is 23.2 Å². The number of allylic oxidation sites excluding steroid dienone is 1. The van der Waals surface area contributed by atoms with Crippen molar-refractivity contribution < 1.29 is 28.5 Å². The molecule has 0 radical (unpaired) electrons. The first-order chi connectivity index (χ1) is 21.2. The topological polar surface area (TPSA) is 113 Å². The molecule has 5 rings (SSSR count). The molecular formula is C34H28Cl2N2O6. The number of esters is 1. The normalized spacial score (nSPS) is 13.8. The molecule has 0 aromatic heterocycles. The molecule has 1 aliphatic rings. The van der Waals surface area contributed by atoms with Crippen molar-refractivity contribution in [1.82, 2.24) is 0 Å². The Morgan fingerprint density at radius 2 is 1.70 bits per heavy atom. The predicted molar refractivity (Wildman–Crippen MR) is 166 cm³/mol. The van der Waals surface area contributed by atoms with Crippen LogP contribution in [0.3, 0.4) is 0 Å². The van der Waals surface area contributed by atoms with Gasteiger partial charge in [0, 0.05) is 21.7 Å². The van der Waals surface area contributed by atoms with E-state index in [2.05, 4.69) is 6.07 Å². The number of nitrogens with two attached hydrogens (primary N) is 1. The van der Waals surface area contributed by atoms with Crippen molar-refractivity contribution >= 4 is 29.2 Å². The molecule has 10 heteroatoms. The lowest BCUT2D eigenvalue weighted by Crippen LogP contribution is -2.22. The summed E-state index contributed by atoms with van der Waals surface area (Å²) in [5.74, 6) is 0.933. The maximum Gasteiger partial charge on any atom is 0.349 e. The molecule has 1 aliphatic heterocycles. The van der Waals surface area contributed by atoms with E-state index in [4.69, 9.17) is 52.6 Å². The van der Waals surface area contributed by atoms with Crippen molar-refractivity contribution in [2.45, 2.75) is 26.4 Å². The number of rotatable bonds is 10. The standard InChI is InChI=1S/C34H28Cl2N2O6/c1-3-40-31-15-22(6-13-29(31)42-18-21-4-7-23(35)8-5-21)33-26-11-9-25(16-30(26)44-34(38)27(33)17-37)43-32(39)19-41-24-10-12-28(36)20(2)14-24/h4-16,33H,3,18-19,38H2,1-2H3. The largest absolute Gasteiger partial charge is 0.490 e. The highest BCUT2D eigenvalue weighted by Gasteiger charge is 2.32. The summed E-state index contributed by atoms with van der Waals surface area (Å²) in [6, 6.07) is 25.1. The summed E-state index contributed by atoms with van der Waals surface area (Å²) in [5, 5.41) is 11.3. The smallest absolute Gasteiger partial charge is 0.349 e. The monoisotopic (exact) mass is 630 g/mol. The van der Waals surface area contributed by atoms with E-state index in [1.165, 1.54) is 0 Å². The molecule has 4 aromatic carbocycles. The van der Waals surface area contributed by atoms with Gasteiger partial charge in [-0.05, 0) is 79.1 Å². The molecular weight excluding hydrogens is 603 g/mol. The van der Waals surface area contributed by atoms with Crippen LogP contribution in [0.2, 0.25) is 10.0 Å². The maximum absolute atomic E-state index is 12.5. The van der Waals surface area contributed by atoms with Gasteiger partial charge in [0.05, 0.1) is 12.5 Å². The molecule has 4 aromatic rings. The fraction of sp³-hybridized carbons (Fsp3) is 0.176. The number of aryl methyl sites for hydroxylation is 1. The number of halogens is 2. The highest BCUT2D eigenvalue weighted by molar-refractivity contribution is 6.31. The van der Waals surface area contributed by atoms with Crippen LogP contribution in [0.25, 0.3) is 0 Å². The fourth-order valence-corrected chi connectivity index (χ4v) is 4.93. The van der Waals surface area contributed by atoms with Gasteiger partial charge in [0.1, 0.15) is 35.5 Å². The lowest BCUT2D eigenvalue weighted by molar-refractivity contribution is -0.136. The number of carbonyl (C=O) groups excluding carboxylic acids is 1. The minimum atomic E-state index is -0.610. The summed E-state index contributed by atoms with van der Waals surface area (Å²) < 4.78 is 28.8. The van der Waals surface area contributed by atoms with Crippen LogP contribution in [0.4, 0.5) is 0 Å². The van der Waals surface area contributed by atoms with Crippen molar-refractivity contribution in [3.05, 3.63) is 123 Å². The van der Waals surface area contributed by atoms with Gasteiger partial charge in [-0.25, -0.2) is 4.79 Å². The molecule has 0 aliphatic carbocycles. The van der Waals surface area contributed by atoms with Crippen LogP contribution < -0.4 is 29.4 Å². The molecule has 0 spiro atoms. The number of fused-ring (bicyclic) bond motifs is 1. The summed E-state index contributed by atoms with van der Waals surface area (Å²) in [5.41, 5.74) is 9.63. The number of carbonyl (C=O) groups is 1. The van der Waals surface area contributed by atoms with Crippen molar-refractivity contribution in [3.8, 4) is 34.8 Å². The van der Waals surface area contributed by atoms with Crippen LogP contribution in [-0.2, 0) is 11.4 Å². The van der Waals surface area contributed by atoms with Crippen LogP contribution in [0.1, 0.15) is 35.1 Å². The maximum atomic E-state index is 12.5. The fourth-order valence-electron chi connectivity index (χ4n) is 4.69. The molecule has 0 fully saturated rings. The zero-order valence-corrected chi connectivity index (χ0v) is 25.4. The van der Waals surface area contributed by atoms with Gasteiger partial charge >= 0.3 is 5.97 Å². The number of benzene rings is 4. The van der Waals surface area contributed by atoms with Gasteiger partial charge in [0.25, 0.3) is 0 Å². The van der Waals surface area contributed by atoms with Gasteiger partial charge in [-0.2, -0.15) is 5.26 Å². The number of hydrogen-bond acceptors (Lipinski definition) is 8. The third-order valence-corrected chi connectivity index (χ3v) is 7.49. The summed E-state index contributed by atoms with van der Waals surface area (Å²) in [4.78, 5) is 12.5. The average Bonchev–Trinajstić information content (AvgIpc) is 3.01. The zero-order chi connectivity index (χ0) is 31.2. The van der Waals surface area contributed by atoms with Gasteiger partial charge in [0.2, 0.25) is 5.88 Å². The van der Waals surface area contributed by atoms with Crippen LogP contribution in [0.15, 0.2) is 90.3 Å². The minimum absolute atomic E-state index is 0.0454. The molecule has 1 atom stereocenters.